The maximum absolute atomic E-state index is 13.9. The van der Waals surface area contributed by atoms with E-state index in [-0.39, 0.29) is 29.3 Å². The van der Waals surface area contributed by atoms with E-state index in [9.17, 15) is 19.7 Å². The molecule has 3 aliphatic rings. The fourth-order valence-corrected chi connectivity index (χ4v) is 6.64. The number of nitrogens with zero attached hydrogens (tertiary/aromatic N) is 2. The Bertz CT molecular complexity index is 1630. The van der Waals surface area contributed by atoms with Crippen LogP contribution in [0, 0.1) is 33.8 Å². The van der Waals surface area contributed by atoms with Gasteiger partial charge in [0.2, 0.25) is 11.8 Å². The molecule has 7 rings (SSSR count). The topological polar surface area (TPSA) is 80.5 Å². The molecule has 4 aromatic rings. The van der Waals surface area contributed by atoms with Crippen LogP contribution in [0.3, 0.4) is 0 Å². The van der Waals surface area contributed by atoms with Gasteiger partial charge in [0.15, 0.2) is 0 Å². The lowest BCUT2D eigenvalue weighted by atomic mass is 9.85. The molecule has 2 amide bonds. The van der Waals surface area contributed by atoms with Gasteiger partial charge in [-0.2, -0.15) is 0 Å². The van der Waals surface area contributed by atoms with Crippen LogP contribution < -0.4 is 4.90 Å². The second-order valence-corrected chi connectivity index (χ2v) is 10.4. The Morgan fingerprint density at radius 1 is 0.625 bits per heavy atom. The maximum Gasteiger partial charge on any atom is 0.269 e. The standard InChI is InChI=1S/C34H24N2O4/c37-33-31-27-19-20-28(30(27)29(23-7-3-1-4-8-23)24-9-5-2-6-10-24)32(31)34(38)35(33)25-15-11-21(12-16-25)22-13-17-26(18-14-22)36(39)40/h1-20,27-28,31-32H/t27-,28-,31-,32-/m0/s1. The highest BCUT2D eigenvalue weighted by molar-refractivity contribution is 6.23. The summed E-state index contributed by atoms with van der Waals surface area (Å²) in [4.78, 5) is 39.6. The van der Waals surface area contributed by atoms with Crippen molar-refractivity contribution >= 4 is 28.8 Å². The summed E-state index contributed by atoms with van der Waals surface area (Å²) in [5.41, 5.74) is 6.67. The second-order valence-electron chi connectivity index (χ2n) is 10.4. The summed E-state index contributed by atoms with van der Waals surface area (Å²) in [6.07, 6.45) is 4.22. The average molecular weight is 525 g/mol. The van der Waals surface area contributed by atoms with E-state index < -0.39 is 16.8 Å². The normalized spacial score (nSPS) is 22.6. The zero-order valence-electron chi connectivity index (χ0n) is 21.4. The zero-order chi connectivity index (χ0) is 27.4. The molecule has 0 unspecified atom stereocenters. The van der Waals surface area contributed by atoms with E-state index in [1.165, 1.54) is 17.0 Å². The first-order valence-corrected chi connectivity index (χ1v) is 13.3. The number of hydrogen-bond acceptors (Lipinski definition) is 4. The van der Waals surface area contributed by atoms with Gasteiger partial charge in [-0.15, -0.1) is 0 Å². The van der Waals surface area contributed by atoms with Crippen molar-refractivity contribution in [1.29, 1.82) is 0 Å². The number of anilines is 1. The van der Waals surface area contributed by atoms with E-state index >= 15 is 0 Å². The van der Waals surface area contributed by atoms with Gasteiger partial charge < -0.3 is 0 Å². The van der Waals surface area contributed by atoms with Crippen molar-refractivity contribution in [3.05, 3.63) is 148 Å². The van der Waals surface area contributed by atoms with E-state index in [4.69, 9.17) is 0 Å². The molecule has 4 aromatic carbocycles. The van der Waals surface area contributed by atoms with Gasteiger partial charge in [0.1, 0.15) is 0 Å². The molecule has 2 fully saturated rings. The van der Waals surface area contributed by atoms with Crippen molar-refractivity contribution in [3.63, 3.8) is 0 Å². The number of rotatable bonds is 5. The van der Waals surface area contributed by atoms with Crippen LogP contribution in [0.5, 0.6) is 0 Å². The van der Waals surface area contributed by atoms with Crippen LogP contribution in [0.4, 0.5) is 11.4 Å². The van der Waals surface area contributed by atoms with Crippen LogP contribution in [0.1, 0.15) is 11.1 Å². The Morgan fingerprint density at radius 2 is 1.07 bits per heavy atom. The SMILES string of the molecule is O=C1[C@@H]2[C@@H](C(=O)N1c1ccc(-c3ccc([N+](=O)[O-])cc3)cc1)[C@H]1C=C[C@H]2C1=C(c1ccccc1)c1ccccc1. The first-order chi connectivity index (χ1) is 19.5. The third-order valence-electron chi connectivity index (χ3n) is 8.37. The van der Waals surface area contributed by atoms with Gasteiger partial charge in [-0.05, 0) is 57.7 Å². The quantitative estimate of drug-likeness (QED) is 0.126. The summed E-state index contributed by atoms with van der Waals surface area (Å²) >= 11 is 0. The summed E-state index contributed by atoms with van der Waals surface area (Å²) < 4.78 is 0. The Hall–Kier alpha value is -5.10. The largest absolute Gasteiger partial charge is 0.274 e. The molecule has 0 N–H and O–H groups in total. The van der Waals surface area contributed by atoms with Crippen molar-refractivity contribution in [3.8, 4) is 11.1 Å². The van der Waals surface area contributed by atoms with E-state index in [1.54, 1.807) is 24.3 Å². The minimum absolute atomic E-state index is 0.0273. The van der Waals surface area contributed by atoms with E-state index in [1.807, 2.05) is 48.5 Å². The molecule has 6 heteroatoms. The second kappa shape index (κ2) is 9.27. The van der Waals surface area contributed by atoms with E-state index in [0.717, 1.165) is 33.4 Å². The van der Waals surface area contributed by atoms with E-state index in [2.05, 4.69) is 36.4 Å². The summed E-state index contributed by atoms with van der Waals surface area (Å²) in [7, 11) is 0. The summed E-state index contributed by atoms with van der Waals surface area (Å²) in [6.45, 7) is 0. The van der Waals surface area contributed by atoms with Crippen LogP contribution in [0.25, 0.3) is 16.7 Å². The summed E-state index contributed by atoms with van der Waals surface area (Å²) in [5, 5.41) is 11.0. The number of non-ortho nitro benzene ring substituents is 1. The predicted octanol–water partition coefficient (Wildman–Crippen LogP) is 6.69. The van der Waals surface area contributed by atoms with Gasteiger partial charge >= 0.3 is 0 Å². The van der Waals surface area contributed by atoms with Gasteiger partial charge in [-0.3, -0.25) is 19.7 Å². The molecular formula is C34H24N2O4. The molecule has 2 aliphatic carbocycles. The molecule has 40 heavy (non-hydrogen) atoms. The number of amides is 2. The van der Waals surface area contributed by atoms with Crippen molar-refractivity contribution in [1.82, 2.24) is 0 Å². The minimum atomic E-state index is -0.431. The third kappa shape index (κ3) is 3.64. The number of allylic oxidation sites excluding steroid dienone is 3. The number of imide groups is 1. The number of hydrogen-bond donors (Lipinski definition) is 0. The molecule has 1 aliphatic heterocycles. The molecule has 1 saturated heterocycles. The van der Waals surface area contributed by atoms with Crippen LogP contribution >= 0.6 is 0 Å². The molecule has 1 saturated carbocycles. The molecule has 0 spiro atoms. The van der Waals surface area contributed by atoms with Gasteiger partial charge in [-0.1, -0.05) is 84.9 Å². The molecular weight excluding hydrogens is 500 g/mol. The number of nitro groups is 1. The Kier molecular flexibility index (Phi) is 5.56. The van der Waals surface area contributed by atoms with Gasteiger partial charge in [0.05, 0.1) is 22.4 Å². The zero-order valence-corrected chi connectivity index (χ0v) is 21.4. The average Bonchev–Trinajstić information content (AvgIpc) is 3.63. The first kappa shape index (κ1) is 24.0. The van der Waals surface area contributed by atoms with E-state index in [0.29, 0.717) is 5.69 Å². The molecule has 2 bridgehead atoms. The van der Waals surface area contributed by atoms with Crippen molar-refractivity contribution < 1.29 is 14.5 Å². The number of carbonyl (C=O) groups is 2. The van der Waals surface area contributed by atoms with Crippen molar-refractivity contribution in [2.24, 2.45) is 23.7 Å². The molecule has 0 aromatic heterocycles. The van der Waals surface area contributed by atoms with Crippen LogP contribution in [0.15, 0.2) is 127 Å². The number of carbonyl (C=O) groups excluding carboxylic acids is 2. The van der Waals surface area contributed by atoms with Gasteiger partial charge in [-0.25, -0.2) is 4.90 Å². The molecule has 194 valence electrons. The highest BCUT2D eigenvalue weighted by Gasteiger charge is 2.62. The van der Waals surface area contributed by atoms with Crippen LogP contribution in [0.2, 0.25) is 0 Å². The van der Waals surface area contributed by atoms with Gasteiger partial charge in [0.25, 0.3) is 5.69 Å². The Morgan fingerprint density at radius 3 is 1.52 bits per heavy atom. The first-order valence-electron chi connectivity index (χ1n) is 13.3. The Balaban J connectivity index is 1.23. The molecule has 0 radical (unpaired) electrons. The third-order valence-corrected chi connectivity index (χ3v) is 8.37. The molecule has 6 nitrogen and oxygen atoms in total. The summed E-state index contributed by atoms with van der Waals surface area (Å²) in [5.74, 6) is -1.43. The summed E-state index contributed by atoms with van der Waals surface area (Å²) in [6, 6.07) is 33.9. The highest BCUT2D eigenvalue weighted by Crippen LogP contribution is 2.58. The van der Waals surface area contributed by atoms with Crippen molar-refractivity contribution in [2.75, 3.05) is 4.90 Å². The molecule has 4 atom stereocenters. The maximum atomic E-state index is 13.9. The highest BCUT2D eigenvalue weighted by atomic mass is 16.6. The number of nitro benzene ring substituents is 1. The monoisotopic (exact) mass is 524 g/mol. The van der Waals surface area contributed by atoms with Gasteiger partial charge in [0, 0.05) is 24.0 Å². The number of fused-ring (bicyclic) bond motifs is 5. The number of benzene rings is 4. The van der Waals surface area contributed by atoms with Crippen LogP contribution in [-0.4, -0.2) is 16.7 Å². The predicted molar refractivity (Wildman–Crippen MR) is 153 cm³/mol. The fraction of sp³-hybridized carbons (Fsp3) is 0.118. The lowest BCUT2D eigenvalue weighted by molar-refractivity contribution is -0.384. The lowest BCUT2D eigenvalue weighted by Crippen LogP contribution is -2.33. The minimum Gasteiger partial charge on any atom is -0.274 e. The molecule has 1 heterocycles. The van der Waals surface area contributed by atoms with Crippen molar-refractivity contribution in [2.45, 2.75) is 0 Å². The Labute approximate surface area is 231 Å². The lowest BCUT2D eigenvalue weighted by Gasteiger charge is -2.22. The fourth-order valence-electron chi connectivity index (χ4n) is 6.64. The smallest absolute Gasteiger partial charge is 0.269 e. The van der Waals surface area contributed by atoms with Crippen LogP contribution in [-0.2, 0) is 9.59 Å².